The van der Waals surface area contributed by atoms with Crippen LogP contribution < -0.4 is 5.32 Å². The van der Waals surface area contributed by atoms with Crippen LogP contribution in [-0.2, 0) is 0 Å². The SMILES string of the molecule is O=C(NC1CC1)N1CCC2(CCCCC2)CC1. The van der Waals surface area contributed by atoms with Gasteiger partial charge in [0.25, 0.3) is 0 Å². The van der Waals surface area contributed by atoms with Crippen molar-refractivity contribution in [2.24, 2.45) is 5.41 Å². The predicted molar refractivity (Wildman–Crippen MR) is 67.9 cm³/mol. The molecule has 2 amide bonds. The molecule has 3 rings (SSSR count). The van der Waals surface area contributed by atoms with Gasteiger partial charge in [-0.25, -0.2) is 4.79 Å². The van der Waals surface area contributed by atoms with Gasteiger partial charge in [0, 0.05) is 19.1 Å². The second-order valence-corrected chi connectivity index (χ2v) is 6.27. The van der Waals surface area contributed by atoms with Gasteiger partial charge in [-0.3, -0.25) is 0 Å². The average molecular weight is 236 g/mol. The molecule has 3 aliphatic rings. The van der Waals surface area contributed by atoms with Gasteiger partial charge in [-0.2, -0.15) is 0 Å². The number of piperidine rings is 1. The summed E-state index contributed by atoms with van der Waals surface area (Å²) in [6.07, 6.45) is 11.9. The molecule has 2 saturated carbocycles. The van der Waals surface area contributed by atoms with Gasteiger partial charge in [0.2, 0.25) is 0 Å². The molecule has 3 fully saturated rings. The highest BCUT2D eigenvalue weighted by molar-refractivity contribution is 5.75. The quantitative estimate of drug-likeness (QED) is 0.746. The third kappa shape index (κ3) is 2.58. The van der Waals surface area contributed by atoms with Gasteiger partial charge in [-0.15, -0.1) is 0 Å². The van der Waals surface area contributed by atoms with Crippen molar-refractivity contribution in [3.63, 3.8) is 0 Å². The Morgan fingerprint density at radius 2 is 1.65 bits per heavy atom. The minimum absolute atomic E-state index is 0.193. The Bertz CT molecular complexity index is 283. The summed E-state index contributed by atoms with van der Waals surface area (Å²) in [5, 5.41) is 3.10. The van der Waals surface area contributed by atoms with Crippen LogP contribution in [-0.4, -0.2) is 30.1 Å². The van der Waals surface area contributed by atoms with Gasteiger partial charge in [0.1, 0.15) is 0 Å². The lowest BCUT2D eigenvalue weighted by Gasteiger charge is -2.44. The number of rotatable bonds is 1. The van der Waals surface area contributed by atoms with Gasteiger partial charge >= 0.3 is 6.03 Å². The first-order chi connectivity index (χ1) is 8.27. The van der Waals surface area contributed by atoms with Crippen LogP contribution in [0.3, 0.4) is 0 Å². The molecule has 3 nitrogen and oxygen atoms in total. The highest BCUT2D eigenvalue weighted by atomic mass is 16.2. The second kappa shape index (κ2) is 4.51. The normalized spacial score (nSPS) is 28.1. The number of amides is 2. The number of urea groups is 1. The van der Waals surface area contributed by atoms with E-state index >= 15 is 0 Å². The Morgan fingerprint density at radius 1 is 1.00 bits per heavy atom. The van der Waals surface area contributed by atoms with E-state index in [1.54, 1.807) is 0 Å². The summed E-state index contributed by atoms with van der Waals surface area (Å²) >= 11 is 0. The summed E-state index contributed by atoms with van der Waals surface area (Å²) in [5.41, 5.74) is 0.606. The molecule has 0 unspecified atom stereocenters. The lowest BCUT2D eigenvalue weighted by atomic mass is 9.68. The van der Waals surface area contributed by atoms with Crippen LogP contribution >= 0.6 is 0 Å². The van der Waals surface area contributed by atoms with E-state index in [1.165, 1.54) is 57.8 Å². The van der Waals surface area contributed by atoms with Crippen molar-refractivity contribution in [1.29, 1.82) is 0 Å². The fourth-order valence-electron chi connectivity index (χ4n) is 3.48. The third-order valence-electron chi connectivity index (χ3n) is 4.93. The molecule has 0 radical (unpaired) electrons. The van der Waals surface area contributed by atoms with Crippen molar-refractivity contribution in [2.45, 2.75) is 63.8 Å². The molecule has 0 atom stereocenters. The number of likely N-dealkylation sites (tertiary alicyclic amines) is 1. The summed E-state index contributed by atoms with van der Waals surface area (Å²) in [6.45, 7) is 1.97. The molecule has 0 aromatic carbocycles. The molecule has 0 bridgehead atoms. The zero-order chi connectivity index (χ0) is 11.7. The van der Waals surface area contributed by atoms with Crippen molar-refractivity contribution in [2.75, 3.05) is 13.1 Å². The van der Waals surface area contributed by atoms with Crippen LogP contribution in [0.15, 0.2) is 0 Å². The molecule has 1 aliphatic heterocycles. The van der Waals surface area contributed by atoms with Crippen LogP contribution in [0.2, 0.25) is 0 Å². The van der Waals surface area contributed by atoms with Crippen LogP contribution in [0.4, 0.5) is 4.79 Å². The van der Waals surface area contributed by atoms with Gasteiger partial charge in [-0.1, -0.05) is 19.3 Å². The van der Waals surface area contributed by atoms with Gasteiger partial charge in [0.15, 0.2) is 0 Å². The minimum Gasteiger partial charge on any atom is -0.335 e. The summed E-state index contributed by atoms with van der Waals surface area (Å²) < 4.78 is 0. The van der Waals surface area contributed by atoms with E-state index in [0.717, 1.165) is 13.1 Å². The first kappa shape index (κ1) is 11.4. The van der Waals surface area contributed by atoms with E-state index < -0.39 is 0 Å². The van der Waals surface area contributed by atoms with Crippen LogP contribution in [0, 0.1) is 5.41 Å². The Kier molecular flexibility index (Phi) is 3.01. The number of hydrogen-bond donors (Lipinski definition) is 1. The van der Waals surface area contributed by atoms with Crippen molar-refractivity contribution in [3.05, 3.63) is 0 Å². The van der Waals surface area contributed by atoms with E-state index in [0.29, 0.717) is 11.5 Å². The Hall–Kier alpha value is -0.730. The number of nitrogens with one attached hydrogen (secondary N) is 1. The lowest BCUT2D eigenvalue weighted by molar-refractivity contribution is 0.0811. The summed E-state index contributed by atoms with van der Waals surface area (Å²) in [7, 11) is 0. The van der Waals surface area contributed by atoms with Crippen molar-refractivity contribution in [1.82, 2.24) is 10.2 Å². The molecule has 3 heteroatoms. The van der Waals surface area contributed by atoms with Crippen molar-refractivity contribution >= 4 is 6.03 Å². The number of hydrogen-bond acceptors (Lipinski definition) is 1. The zero-order valence-electron chi connectivity index (χ0n) is 10.7. The maximum atomic E-state index is 11.9. The fraction of sp³-hybridized carbons (Fsp3) is 0.929. The maximum absolute atomic E-state index is 11.9. The summed E-state index contributed by atoms with van der Waals surface area (Å²) in [6, 6.07) is 0.686. The van der Waals surface area contributed by atoms with Crippen molar-refractivity contribution < 1.29 is 4.79 Å². The topological polar surface area (TPSA) is 32.3 Å². The molecule has 0 aromatic rings. The van der Waals surface area contributed by atoms with E-state index in [2.05, 4.69) is 5.32 Å². The van der Waals surface area contributed by atoms with E-state index in [-0.39, 0.29) is 6.03 Å². The molecule has 17 heavy (non-hydrogen) atoms. The first-order valence-corrected chi connectivity index (χ1v) is 7.33. The number of carbonyl (C=O) groups excluding carboxylic acids is 1. The average Bonchev–Trinajstić information content (AvgIpc) is 3.15. The fourth-order valence-corrected chi connectivity index (χ4v) is 3.48. The van der Waals surface area contributed by atoms with E-state index in [9.17, 15) is 4.79 Å². The van der Waals surface area contributed by atoms with E-state index in [1.807, 2.05) is 4.90 Å². The predicted octanol–water partition coefficient (Wildman–Crippen LogP) is 2.90. The maximum Gasteiger partial charge on any atom is 0.317 e. The number of carbonyl (C=O) groups is 1. The molecule has 0 aromatic heterocycles. The highest BCUT2D eigenvalue weighted by Gasteiger charge is 2.37. The van der Waals surface area contributed by atoms with Crippen molar-refractivity contribution in [3.8, 4) is 0 Å². The molecule has 1 spiro atoms. The monoisotopic (exact) mass is 236 g/mol. The molecule has 1 saturated heterocycles. The summed E-state index contributed by atoms with van der Waals surface area (Å²) in [4.78, 5) is 14.0. The molecule has 1 heterocycles. The molecular weight excluding hydrogens is 212 g/mol. The molecule has 1 N–H and O–H groups in total. The smallest absolute Gasteiger partial charge is 0.317 e. The molecular formula is C14H24N2O. The molecule has 96 valence electrons. The van der Waals surface area contributed by atoms with Crippen LogP contribution in [0.25, 0.3) is 0 Å². The van der Waals surface area contributed by atoms with Gasteiger partial charge in [0.05, 0.1) is 0 Å². The Morgan fingerprint density at radius 3 is 2.24 bits per heavy atom. The lowest BCUT2D eigenvalue weighted by Crippen LogP contribution is -2.48. The first-order valence-electron chi connectivity index (χ1n) is 7.33. The van der Waals surface area contributed by atoms with E-state index in [4.69, 9.17) is 0 Å². The number of nitrogens with zero attached hydrogens (tertiary/aromatic N) is 1. The summed E-state index contributed by atoms with van der Waals surface area (Å²) in [5.74, 6) is 0. The minimum atomic E-state index is 0.193. The molecule has 2 aliphatic carbocycles. The highest BCUT2D eigenvalue weighted by Crippen LogP contribution is 2.44. The largest absolute Gasteiger partial charge is 0.335 e. The van der Waals surface area contributed by atoms with Crippen LogP contribution in [0.1, 0.15) is 57.8 Å². The third-order valence-corrected chi connectivity index (χ3v) is 4.93. The standard InChI is InChI=1S/C14H24N2O/c17-13(15-12-4-5-12)16-10-8-14(9-11-16)6-2-1-3-7-14/h12H,1-11H2,(H,15,17). The van der Waals surface area contributed by atoms with Gasteiger partial charge < -0.3 is 10.2 Å². The zero-order valence-corrected chi connectivity index (χ0v) is 10.7. The van der Waals surface area contributed by atoms with Gasteiger partial charge in [-0.05, 0) is 43.9 Å². The van der Waals surface area contributed by atoms with Crippen LogP contribution in [0.5, 0.6) is 0 Å². The second-order valence-electron chi connectivity index (χ2n) is 6.27. The Balaban J connectivity index is 1.50. The Labute approximate surface area is 104 Å².